The molecule has 0 aliphatic heterocycles. The summed E-state index contributed by atoms with van der Waals surface area (Å²) >= 11 is 0. The van der Waals surface area contributed by atoms with Crippen molar-refractivity contribution < 1.29 is 9.31 Å². The van der Waals surface area contributed by atoms with E-state index in [0.717, 1.165) is 5.92 Å². The van der Waals surface area contributed by atoms with Crippen LogP contribution < -0.4 is 0 Å². The van der Waals surface area contributed by atoms with Crippen LogP contribution in [0.2, 0.25) is 5.82 Å². The van der Waals surface area contributed by atoms with E-state index in [2.05, 4.69) is 6.92 Å². The van der Waals surface area contributed by atoms with Crippen LogP contribution in [0.4, 0.5) is 0 Å². The van der Waals surface area contributed by atoms with Gasteiger partial charge in [0.1, 0.15) is 0 Å². The fourth-order valence-electron chi connectivity index (χ4n) is 2.38. The third-order valence-corrected chi connectivity index (χ3v) is 3.06. The highest BCUT2D eigenvalue weighted by Gasteiger charge is 2.37. The van der Waals surface area contributed by atoms with E-state index in [9.17, 15) is 0 Å². The van der Waals surface area contributed by atoms with Crippen LogP contribution in [0.3, 0.4) is 0 Å². The summed E-state index contributed by atoms with van der Waals surface area (Å²) in [4.78, 5) is 0. The topological polar surface area (TPSA) is 18.5 Å². The maximum absolute atomic E-state index is 5.29. The minimum absolute atomic E-state index is 0.0254. The van der Waals surface area contributed by atoms with E-state index in [1.165, 1.54) is 25.7 Å². The zero-order chi connectivity index (χ0) is 8.97. The lowest BCUT2D eigenvalue weighted by atomic mass is 9.65. The minimum atomic E-state index is 0.0254. The van der Waals surface area contributed by atoms with Crippen molar-refractivity contribution >= 4 is 7.12 Å². The quantitative estimate of drug-likeness (QED) is 0.603. The second kappa shape index (κ2) is 4.88. The lowest BCUT2D eigenvalue weighted by Gasteiger charge is -2.21. The van der Waals surface area contributed by atoms with Crippen molar-refractivity contribution in [2.75, 3.05) is 14.2 Å². The molecule has 12 heavy (non-hydrogen) atoms. The maximum atomic E-state index is 5.29. The van der Waals surface area contributed by atoms with E-state index in [0.29, 0.717) is 5.82 Å². The molecule has 1 rings (SSSR count). The summed E-state index contributed by atoms with van der Waals surface area (Å²) in [6.45, 7) is 2.26. The molecule has 0 bridgehead atoms. The lowest BCUT2D eigenvalue weighted by Crippen LogP contribution is -2.28. The van der Waals surface area contributed by atoms with Gasteiger partial charge in [-0.3, -0.25) is 0 Å². The summed E-state index contributed by atoms with van der Waals surface area (Å²) in [6.07, 6.45) is 5.22. The Morgan fingerprint density at radius 2 is 1.92 bits per heavy atom. The van der Waals surface area contributed by atoms with Crippen molar-refractivity contribution in [3.05, 3.63) is 0 Å². The van der Waals surface area contributed by atoms with Crippen molar-refractivity contribution in [3.8, 4) is 0 Å². The molecule has 3 heteroatoms. The molecule has 1 aliphatic carbocycles. The van der Waals surface area contributed by atoms with Crippen molar-refractivity contribution in [2.45, 2.75) is 38.4 Å². The zero-order valence-corrected chi connectivity index (χ0v) is 8.38. The molecule has 0 aromatic carbocycles. The maximum Gasteiger partial charge on any atom is 0.460 e. The Morgan fingerprint density at radius 3 is 2.42 bits per heavy atom. The van der Waals surface area contributed by atoms with Crippen molar-refractivity contribution in [1.82, 2.24) is 0 Å². The third kappa shape index (κ3) is 2.02. The number of hydrogen-bond donors (Lipinski definition) is 0. The van der Waals surface area contributed by atoms with Gasteiger partial charge in [0.2, 0.25) is 0 Å². The Kier molecular flexibility index (Phi) is 4.09. The average molecular weight is 170 g/mol. The van der Waals surface area contributed by atoms with E-state index >= 15 is 0 Å². The molecular formula is C9H19BO2. The van der Waals surface area contributed by atoms with Gasteiger partial charge in [0, 0.05) is 14.2 Å². The second-order valence-corrected chi connectivity index (χ2v) is 3.60. The molecule has 0 amide bonds. The van der Waals surface area contributed by atoms with Crippen LogP contribution in [0.5, 0.6) is 0 Å². The van der Waals surface area contributed by atoms with E-state index in [4.69, 9.17) is 9.31 Å². The van der Waals surface area contributed by atoms with Crippen molar-refractivity contribution in [3.63, 3.8) is 0 Å². The van der Waals surface area contributed by atoms with Gasteiger partial charge in [-0.1, -0.05) is 32.6 Å². The van der Waals surface area contributed by atoms with E-state index in [1.807, 2.05) is 0 Å². The van der Waals surface area contributed by atoms with Crippen LogP contribution in [0, 0.1) is 5.92 Å². The highest BCUT2D eigenvalue weighted by Crippen LogP contribution is 2.40. The fraction of sp³-hybridized carbons (Fsp3) is 1.00. The summed E-state index contributed by atoms with van der Waals surface area (Å²) in [5.74, 6) is 1.44. The second-order valence-electron chi connectivity index (χ2n) is 3.60. The molecule has 0 N–H and O–H groups in total. The standard InChI is InChI=1S/C9H19BO2/c1-4-8-6-5-7-9(8)10(11-2)12-3/h8-9H,4-7H2,1-3H3/t8-,9-/m1/s1. The van der Waals surface area contributed by atoms with Gasteiger partial charge in [-0.05, 0) is 11.7 Å². The largest absolute Gasteiger partial charge is 0.460 e. The minimum Gasteiger partial charge on any atom is -0.414 e. The van der Waals surface area contributed by atoms with Gasteiger partial charge >= 0.3 is 7.12 Å². The Hall–Kier alpha value is -0.0151. The Bertz CT molecular complexity index is 126. The molecule has 2 nitrogen and oxygen atoms in total. The lowest BCUT2D eigenvalue weighted by molar-refractivity contribution is 0.254. The predicted molar refractivity (Wildman–Crippen MR) is 51.2 cm³/mol. The molecule has 0 aromatic rings. The van der Waals surface area contributed by atoms with E-state index in [-0.39, 0.29) is 7.12 Å². The summed E-state index contributed by atoms with van der Waals surface area (Å²) in [5, 5.41) is 0. The summed E-state index contributed by atoms with van der Waals surface area (Å²) < 4.78 is 10.6. The number of hydrogen-bond acceptors (Lipinski definition) is 2. The molecule has 0 saturated heterocycles. The number of rotatable bonds is 4. The van der Waals surface area contributed by atoms with Crippen LogP contribution in [0.15, 0.2) is 0 Å². The highest BCUT2D eigenvalue weighted by atomic mass is 16.6. The molecule has 1 aliphatic rings. The smallest absolute Gasteiger partial charge is 0.414 e. The molecule has 0 spiro atoms. The van der Waals surface area contributed by atoms with Gasteiger partial charge in [-0.25, -0.2) is 0 Å². The average Bonchev–Trinajstić information content (AvgIpc) is 2.55. The van der Waals surface area contributed by atoms with Gasteiger partial charge in [0.15, 0.2) is 0 Å². The van der Waals surface area contributed by atoms with E-state index < -0.39 is 0 Å². The molecule has 1 saturated carbocycles. The molecule has 2 atom stereocenters. The van der Waals surface area contributed by atoms with E-state index in [1.54, 1.807) is 14.2 Å². The fourth-order valence-corrected chi connectivity index (χ4v) is 2.38. The molecule has 1 fully saturated rings. The molecule has 0 unspecified atom stereocenters. The Balaban J connectivity index is 2.47. The molecule has 0 heterocycles. The molecule has 70 valence electrons. The van der Waals surface area contributed by atoms with Crippen LogP contribution in [-0.2, 0) is 9.31 Å². The first-order valence-corrected chi connectivity index (χ1v) is 4.89. The van der Waals surface area contributed by atoms with Crippen molar-refractivity contribution in [1.29, 1.82) is 0 Å². The first-order valence-electron chi connectivity index (χ1n) is 4.89. The summed E-state index contributed by atoms with van der Waals surface area (Å²) in [7, 11) is 3.50. The van der Waals surface area contributed by atoms with Gasteiger partial charge in [-0.15, -0.1) is 0 Å². The normalized spacial score (nSPS) is 29.2. The summed E-state index contributed by atoms with van der Waals surface area (Å²) in [6, 6.07) is 0. The molecular weight excluding hydrogens is 151 g/mol. The van der Waals surface area contributed by atoms with Crippen LogP contribution >= 0.6 is 0 Å². The van der Waals surface area contributed by atoms with Gasteiger partial charge in [-0.2, -0.15) is 0 Å². The van der Waals surface area contributed by atoms with Crippen LogP contribution in [0.25, 0.3) is 0 Å². The van der Waals surface area contributed by atoms with Crippen molar-refractivity contribution in [2.24, 2.45) is 5.92 Å². The Morgan fingerprint density at radius 1 is 1.25 bits per heavy atom. The van der Waals surface area contributed by atoms with Crippen LogP contribution in [0.1, 0.15) is 32.6 Å². The first-order chi connectivity index (χ1) is 5.83. The summed E-state index contributed by atoms with van der Waals surface area (Å²) in [5.41, 5.74) is 0. The molecule has 0 radical (unpaired) electrons. The highest BCUT2D eigenvalue weighted by molar-refractivity contribution is 6.46. The zero-order valence-electron chi connectivity index (χ0n) is 8.38. The Labute approximate surface area is 75.8 Å². The monoisotopic (exact) mass is 170 g/mol. The SMILES string of the molecule is CC[C@@H]1CCC[C@H]1B(OC)OC. The van der Waals surface area contributed by atoms with Gasteiger partial charge in [0.05, 0.1) is 0 Å². The first kappa shape index (κ1) is 10.1. The molecule has 0 aromatic heterocycles. The van der Waals surface area contributed by atoms with Gasteiger partial charge < -0.3 is 9.31 Å². The third-order valence-electron chi connectivity index (χ3n) is 3.06. The van der Waals surface area contributed by atoms with Crippen LogP contribution in [-0.4, -0.2) is 21.3 Å². The van der Waals surface area contributed by atoms with Gasteiger partial charge in [0.25, 0.3) is 0 Å². The predicted octanol–water partition coefficient (Wildman–Crippen LogP) is 2.35.